The number of nitro benzene ring substituents is 1. The van der Waals surface area contributed by atoms with Gasteiger partial charge in [-0.25, -0.2) is 4.79 Å². The second-order valence-electron chi connectivity index (χ2n) is 4.97. The topological polar surface area (TPSA) is 134 Å². The number of hydrogen-bond donors (Lipinski definition) is 2. The van der Waals surface area contributed by atoms with Crippen LogP contribution in [-0.2, 0) is 9.53 Å². The Bertz CT molecular complexity index is 871. The highest BCUT2D eigenvalue weighted by atomic mass is 35.5. The van der Waals surface area contributed by atoms with E-state index >= 15 is 0 Å². The lowest BCUT2D eigenvalue weighted by molar-refractivity contribution is -0.383. The molecule has 3 N–H and O–H groups in total. The predicted octanol–water partition coefficient (Wildman–Crippen LogP) is 2.63. The molecule has 0 fully saturated rings. The SMILES string of the molecule is COc1cc(N)c(Cl)cc1C(=O)OCC(=O)Nc1ccccc1[N+](=O)[O-]. The highest BCUT2D eigenvalue weighted by Crippen LogP contribution is 2.29. The van der Waals surface area contributed by atoms with E-state index in [9.17, 15) is 19.7 Å². The molecule has 0 aliphatic heterocycles. The first-order valence-electron chi connectivity index (χ1n) is 7.17. The molecule has 9 nitrogen and oxygen atoms in total. The molecule has 0 aliphatic carbocycles. The molecule has 2 aromatic carbocycles. The van der Waals surface area contributed by atoms with Crippen LogP contribution in [0.1, 0.15) is 10.4 Å². The van der Waals surface area contributed by atoms with Crippen LogP contribution in [0.25, 0.3) is 0 Å². The Balaban J connectivity index is 2.05. The first kappa shape index (κ1) is 19.0. The van der Waals surface area contributed by atoms with Crippen molar-refractivity contribution in [1.29, 1.82) is 0 Å². The van der Waals surface area contributed by atoms with Gasteiger partial charge in [0.15, 0.2) is 6.61 Å². The lowest BCUT2D eigenvalue weighted by Crippen LogP contribution is -2.21. The molecule has 1 amide bonds. The smallest absolute Gasteiger partial charge is 0.342 e. The van der Waals surface area contributed by atoms with Crippen LogP contribution in [0.2, 0.25) is 5.02 Å². The van der Waals surface area contributed by atoms with Crippen LogP contribution in [0, 0.1) is 10.1 Å². The Morgan fingerprint density at radius 1 is 1.31 bits per heavy atom. The van der Waals surface area contributed by atoms with Gasteiger partial charge in [0, 0.05) is 12.1 Å². The fourth-order valence-electron chi connectivity index (χ4n) is 2.03. The van der Waals surface area contributed by atoms with Gasteiger partial charge in [-0.3, -0.25) is 14.9 Å². The van der Waals surface area contributed by atoms with Crippen molar-refractivity contribution in [2.75, 3.05) is 24.8 Å². The molecule has 0 aromatic heterocycles. The van der Waals surface area contributed by atoms with Crippen LogP contribution >= 0.6 is 11.6 Å². The molecule has 10 heteroatoms. The number of carbonyl (C=O) groups is 2. The van der Waals surface area contributed by atoms with Gasteiger partial charge < -0.3 is 20.5 Å². The Labute approximate surface area is 152 Å². The summed E-state index contributed by atoms with van der Waals surface area (Å²) in [6.45, 7) is -0.657. The molecule has 26 heavy (non-hydrogen) atoms. The number of rotatable bonds is 6. The maximum Gasteiger partial charge on any atom is 0.342 e. The molecular formula is C16H14ClN3O6. The van der Waals surface area contributed by atoms with Crippen molar-refractivity contribution >= 4 is 40.5 Å². The number of nitrogens with zero attached hydrogens (tertiary/aromatic N) is 1. The summed E-state index contributed by atoms with van der Waals surface area (Å²) in [5.41, 5.74) is 5.55. The van der Waals surface area contributed by atoms with Gasteiger partial charge in [-0.2, -0.15) is 0 Å². The number of carbonyl (C=O) groups excluding carboxylic acids is 2. The lowest BCUT2D eigenvalue weighted by Gasteiger charge is -2.11. The number of methoxy groups -OCH3 is 1. The number of nitrogens with two attached hydrogens (primary N) is 1. The number of hydrogen-bond acceptors (Lipinski definition) is 7. The summed E-state index contributed by atoms with van der Waals surface area (Å²) < 4.78 is 9.93. The second-order valence-corrected chi connectivity index (χ2v) is 5.38. The van der Waals surface area contributed by atoms with Gasteiger partial charge in [0.05, 0.1) is 22.7 Å². The molecule has 0 spiro atoms. The van der Waals surface area contributed by atoms with Crippen LogP contribution in [0.5, 0.6) is 5.75 Å². The summed E-state index contributed by atoms with van der Waals surface area (Å²) in [5, 5.41) is 13.4. The number of benzene rings is 2. The number of ether oxygens (including phenoxy) is 2. The van der Waals surface area contributed by atoms with Gasteiger partial charge in [0.1, 0.15) is 17.0 Å². The normalized spacial score (nSPS) is 10.1. The zero-order chi connectivity index (χ0) is 19.3. The lowest BCUT2D eigenvalue weighted by atomic mass is 10.2. The number of esters is 1. The van der Waals surface area contributed by atoms with Crippen molar-refractivity contribution in [3.05, 3.63) is 57.1 Å². The van der Waals surface area contributed by atoms with E-state index in [4.69, 9.17) is 26.8 Å². The van der Waals surface area contributed by atoms with Gasteiger partial charge in [0.2, 0.25) is 0 Å². The number of anilines is 2. The zero-order valence-electron chi connectivity index (χ0n) is 13.5. The third-order valence-corrected chi connectivity index (χ3v) is 3.58. The third kappa shape index (κ3) is 4.39. The Hall–Kier alpha value is -3.33. The molecule has 2 rings (SSSR count). The molecule has 0 saturated carbocycles. The van der Waals surface area contributed by atoms with E-state index in [-0.39, 0.29) is 33.4 Å². The number of nitro groups is 1. The molecule has 0 heterocycles. The minimum absolute atomic E-state index is 0.00772. The van der Waals surface area contributed by atoms with Gasteiger partial charge in [-0.15, -0.1) is 0 Å². The predicted molar refractivity (Wildman–Crippen MR) is 94.4 cm³/mol. The number of halogens is 1. The van der Waals surface area contributed by atoms with Gasteiger partial charge in [-0.05, 0) is 12.1 Å². The van der Waals surface area contributed by atoms with Crippen LogP contribution in [0.4, 0.5) is 17.1 Å². The highest BCUT2D eigenvalue weighted by molar-refractivity contribution is 6.33. The Morgan fingerprint density at radius 2 is 2.00 bits per heavy atom. The van der Waals surface area contributed by atoms with E-state index in [1.54, 1.807) is 0 Å². The average Bonchev–Trinajstić information content (AvgIpc) is 2.61. The van der Waals surface area contributed by atoms with Crippen LogP contribution < -0.4 is 15.8 Å². The third-order valence-electron chi connectivity index (χ3n) is 3.25. The Morgan fingerprint density at radius 3 is 2.65 bits per heavy atom. The number of amides is 1. The van der Waals surface area contributed by atoms with E-state index in [1.165, 1.54) is 43.5 Å². The van der Waals surface area contributed by atoms with Crippen molar-refractivity contribution < 1.29 is 24.0 Å². The largest absolute Gasteiger partial charge is 0.496 e. The monoisotopic (exact) mass is 379 g/mol. The summed E-state index contributed by atoms with van der Waals surface area (Å²) in [6, 6.07) is 8.20. The molecule has 0 unspecified atom stereocenters. The standard InChI is InChI=1S/C16H14ClN3O6/c1-25-14-7-11(18)10(17)6-9(14)16(22)26-8-15(21)19-12-4-2-3-5-13(12)20(23)24/h2-7H,8,18H2,1H3,(H,19,21). The molecule has 0 saturated heterocycles. The minimum atomic E-state index is -0.860. The van der Waals surface area contributed by atoms with E-state index in [1.807, 2.05) is 0 Å². The van der Waals surface area contributed by atoms with Gasteiger partial charge in [0.25, 0.3) is 11.6 Å². The fourth-order valence-corrected chi connectivity index (χ4v) is 2.19. The summed E-state index contributed by atoms with van der Waals surface area (Å²) in [5.74, 6) is -1.47. The van der Waals surface area contributed by atoms with Crippen molar-refractivity contribution in [2.24, 2.45) is 0 Å². The van der Waals surface area contributed by atoms with E-state index in [2.05, 4.69) is 5.32 Å². The first-order chi connectivity index (χ1) is 12.3. The Kier molecular flexibility index (Phi) is 5.97. The first-order valence-corrected chi connectivity index (χ1v) is 7.54. The van der Waals surface area contributed by atoms with Crippen molar-refractivity contribution in [1.82, 2.24) is 0 Å². The molecule has 0 bridgehead atoms. The molecule has 2 aromatic rings. The number of nitrogen functional groups attached to an aromatic ring is 1. The summed E-state index contributed by atoms with van der Waals surface area (Å²) >= 11 is 5.87. The van der Waals surface area contributed by atoms with E-state index in [0.717, 1.165) is 0 Å². The highest BCUT2D eigenvalue weighted by Gasteiger charge is 2.19. The number of nitrogens with one attached hydrogen (secondary N) is 1. The quantitative estimate of drug-likeness (QED) is 0.341. The maximum atomic E-state index is 12.1. The number of para-hydroxylation sites is 2. The fraction of sp³-hybridized carbons (Fsp3) is 0.125. The van der Waals surface area contributed by atoms with Crippen LogP contribution in [-0.4, -0.2) is 30.5 Å². The summed E-state index contributed by atoms with van der Waals surface area (Å²) in [4.78, 5) is 34.3. The van der Waals surface area contributed by atoms with Crippen molar-refractivity contribution in [3.63, 3.8) is 0 Å². The zero-order valence-corrected chi connectivity index (χ0v) is 14.3. The molecule has 0 atom stereocenters. The summed E-state index contributed by atoms with van der Waals surface area (Å²) in [6.07, 6.45) is 0. The average molecular weight is 380 g/mol. The molecule has 0 radical (unpaired) electrons. The van der Waals surface area contributed by atoms with Crippen LogP contribution in [0.3, 0.4) is 0 Å². The van der Waals surface area contributed by atoms with Gasteiger partial charge in [-0.1, -0.05) is 23.7 Å². The molecule has 136 valence electrons. The van der Waals surface area contributed by atoms with E-state index in [0.29, 0.717) is 0 Å². The summed E-state index contributed by atoms with van der Waals surface area (Å²) in [7, 11) is 1.33. The van der Waals surface area contributed by atoms with Crippen LogP contribution in [0.15, 0.2) is 36.4 Å². The minimum Gasteiger partial charge on any atom is -0.496 e. The molecular weight excluding hydrogens is 366 g/mol. The van der Waals surface area contributed by atoms with Crippen molar-refractivity contribution in [2.45, 2.75) is 0 Å². The maximum absolute atomic E-state index is 12.1. The van der Waals surface area contributed by atoms with E-state index < -0.39 is 23.4 Å². The molecule has 0 aliphatic rings. The van der Waals surface area contributed by atoms with Gasteiger partial charge >= 0.3 is 5.97 Å². The van der Waals surface area contributed by atoms with Crippen molar-refractivity contribution in [3.8, 4) is 5.75 Å². The second kappa shape index (κ2) is 8.17.